The van der Waals surface area contributed by atoms with E-state index in [1.165, 1.54) is 0 Å². The minimum Gasteiger partial charge on any atom is -0.507 e. The summed E-state index contributed by atoms with van der Waals surface area (Å²) in [4.78, 5) is 14.7. The van der Waals surface area contributed by atoms with Gasteiger partial charge in [-0.05, 0) is 48.7 Å². The standard InChI is InChI=1S/C15H15N5O2/c1-9-8-12(10(2)13(14(9)21)19-20-16)18-15(22)17-11-6-4-3-5-7-11/h3-8,21H,1-2H3,(H2,17,18,22). The van der Waals surface area contributed by atoms with Crippen LogP contribution in [0.2, 0.25) is 0 Å². The molecule has 2 aromatic rings. The number of nitrogens with one attached hydrogen (secondary N) is 2. The lowest BCUT2D eigenvalue weighted by Gasteiger charge is -2.14. The summed E-state index contributed by atoms with van der Waals surface area (Å²) >= 11 is 0. The summed E-state index contributed by atoms with van der Waals surface area (Å²) < 4.78 is 0. The molecule has 112 valence electrons. The molecule has 0 aliphatic heterocycles. The molecular formula is C15H15N5O2. The van der Waals surface area contributed by atoms with Gasteiger partial charge in [-0.15, -0.1) is 0 Å². The topological polar surface area (TPSA) is 110 Å². The molecule has 0 atom stereocenters. The Hall–Kier alpha value is -3.18. The van der Waals surface area contributed by atoms with Crippen molar-refractivity contribution >= 4 is 23.1 Å². The number of amides is 2. The lowest BCUT2D eigenvalue weighted by molar-refractivity contribution is 0.262. The number of aromatic hydroxyl groups is 1. The average Bonchev–Trinajstić information content (AvgIpc) is 2.50. The first-order valence-corrected chi connectivity index (χ1v) is 6.54. The molecule has 3 N–H and O–H groups in total. The molecule has 22 heavy (non-hydrogen) atoms. The number of urea groups is 1. The van der Waals surface area contributed by atoms with E-state index < -0.39 is 6.03 Å². The monoisotopic (exact) mass is 297 g/mol. The Morgan fingerprint density at radius 3 is 2.55 bits per heavy atom. The second-order valence-corrected chi connectivity index (χ2v) is 4.70. The molecule has 2 amide bonds. The smallest absolute Gasteiger partial charge is 0.323 e. The van der Waals surface area contributed by atoms with Gasteiger partial charge in [0, 0.05) is 16.3 Å². The highest BCUT2D eigenvalue weighted by molar-refractivity contribution is 6.00. The molecule has 0 fully saturated rings. The van der Waals surface area contributed by atoms with Gasteiger partial charge in [0.1, 0.15) is 5.75 Å². The predicted molar refractivity (Wildman–Crippen MR) is 85.5 cm³/mol. The van der Waals surface area contributed by atoms with E-state index in [-0.39, 0.29) is 11.4 Å². The van der Waals surface area contributed by atoms with Crippen molar-refractivity contribution in [1.29, 1.82) is 0 Å². The van der Waals surface area contributed by atoms with Crippen LogP contribution in [0.4, 0.5) is 21.9 Å². The van der Waals surface area contributed by atoms with Crippen LogP contribution in [0.15, 0.2) is 41.5 Å². The van der Waals surface area contributed by atoms with Gasteiger partial charge in [0.2, 0.25) is 0 Å². The van der Waals surface area contributed by atoms with Gasteiger partial charge in [0.25, 0.3) is 0 Å². The van der Waals surface area contributed by atoms with E-state index in [0.29, 0.717) is 22.5 Å². The van der Waals surface area contributed by atoms with E-state index in [1.807, 2.05) is 18.2 Å². The number of phenolic OH excluding ortho intramolecular Hbond substituents is 1. The van der Waals surface area contributed by atoms with Crippen LogP contribution in [0.3, 0.4) is 0 Å². The first kappa shape index (κ1) is 15.2. The molecule has 0 aliphatic rings. The quantitative estimate of drug-likeness (QED) is 0.333. The fourth-order valence-electron chi connectivity index (χ4n) is 1.99. The minimum atomic E-state index is -0.425. The molecule has 0 heterocycles. The Morgan fingerprint density at radius 2 is 1.91 bits per heavy atom. The van der Waals surface area contributed by atoms with Crippen molar-refractivity contribution in [2.75, 3.05) is 10.6 Å². The van der Waals surface area contributed by atoms with Crippen molar-refractivity contribution in [2.24, 2.45) is 5.11 Å². The summed E-state index contributed by atoms with van der Waals surface area (Å²) in [5.74, 6) is -0.0932. The number of hydrogen-bond donors (Lipinski definition) is 3. The second-order valence-electron chi connectivity index (χ2n) is 4.70. The third-order valence-electron chi connectivity index (χ3n) is 3.14. The molecule has 7 nitrogen and oxygen atoms in total. The largest absolute Gasteiger partial charge is 0.507 e. The normalized spacial score (nSPS) is 9.73. The van der Waals surface area contributed by atoms with Gasteiger partial charge in [-0.25, -0.2) is 4.79 Å². The Bertz CT molecular complexity index is 752. The van der Waals surface area contributed by atoms with Crippen LogP contribution in [0.5, 0.6) is 5.75 Å². The molecule has 0 bridgehead atoms. The maximum Gasteiger partial charge on any atom is 0.323 e. The Balaban J connectivity index is 2.26. The van der Waals surface area contributed by atoms with E-state index >= 15 is 0 Å². The van der Waals surface area contributed by atoms with Gasteiger partial charge in [-0.1, -0.05) is 23.3 Å². The lowest BCUT2D eigenvalue weighted by atomic mass is 10.1. The summed E-state index contributed by atoms with van der Waals surface area (Å²) in [6.07, 6.45) is 0. The molecule has 0 unspecified atom stereocenters. The lowest BCUT2D eigenvalue weighted by Crippen LogP contribution is -2.20. The van der Waals surface area contributed by atoms with Crippen LogP contribution in [-0.2, 0) is 0 Å². The number of anilines is 2. The van der Waals surface area contributed by atoms with Gasteiger partial charge in [-0.3, -0.25) is 0 Å². The minimum absolute atomic E-state index is 0.0932. The van der Waals surface area contributed by atoms with Crippen LogP contribution >= 0.6 is 0 Å². The predicted octanol–water partition coefficient (Wildman–Crippen LogP) is 4.59. The summed E-state index contributed by atoms with van der Waals surface area (Å²) in [6.45, 7) is 3.31. The number of para-hydroxylation sites is 1. The zero-order valence-corrected chi connectivity index (χ0v) is 12.2. The highest BCUT2D eigenvalue weighted by Crippen LogP contribution is 2.38. The number of benzene rings is 2. The van der Waals surface area contributed by atoms with Gasteiger partial charge in [-0.2, -0.15) is 0 Å². The Morgan fingerprint density at radius 1 is 1.23 bits per heavy atom. The molecule has 0 saturated heterocycles. The zero-order chi connectivity index (χ0) is 16.1. The van der Waals surface area contributed by atoms with Gasteiger partial charge < -0.3 is 15.7 Å². The average molecular weight is 297 g/mol. The first-order valence-electron chi connectivity index (χ1n) is 6.54. The number of phenols is 1. The van der Waals surface area contributed by atoms with Crippen LogP contribution in [0.1, 0.15) is 11.1 Å². The maximum atomic E-state index is 12.0. The molecule has 2 aromatic carbocycles. The fraction of sp³-hybridized carbons (Fsp3) is 0.133. The SMILES string of the molecule is Cc1cc(NC(=O)Nc2ccccc2)c(C)c(N=[N+]=[N-])c1O. The molecule has 2 rings (SSSR count). The van der Waals surface area contributed by atoms with Gasteiger partial charge >= 0.3 is 6.03 Å². The van der Waals surface area contributed by atoms with Crippen LogP contribution in [0, 0.1) is 13.8 Å². The number of carbonyl (C=O) groups excluding carboxylic acids is 1. The van der Waals surface area contributed by atoms with E-state index in [2.05, 4.69) is 20.7 Å². The number of carbonyl (C=O) groups is 1. The van der Waals surface area contributed by atoms with E-state index in [0.717, 1.165) is 0 Å². The highest BCUT2D eigenvalue weighted by Gasteiger charge is 2.13. The van der Waals surface area contributed by atoms with Crippen molar-refractivity contribution < 1.29 is 9.90 Å². The van der Waals surface area contributed by atoms with Crippen molar-refractivity contribution in [2.45, 2.75) is 13.8 Å². The van der Waals surface area contributed by atoms with Crippen molar-refractivity contribution in [3.8, 4) is 5.75 Å². The maximum absolute atomic E-state index is 12.0. The summed E-state index contributed by atoms with van der Waals surface area (Å²) in [7, 11) is 0. The third-order valence-corrected chi connectivity index (χ3v) is 3.14. The van der Waals surface area contributed by atoms with Gasteiger partial charge in [0.15, 0.2) is 0 Å². The van der Waals surface area contributed by atoms with Crippen molar-refractivity contribution in [3.63, 3.8) is 0 Å². The summed E-state index contributed by atoms with van der Waals surface area (Å²) in [5.41, 5.74) is 10.8. The number of rotatable bonds is 3. The number of aryl methyl sites for hydroxylation is 1. The Labute approximate surface area is 127 Å². The Kier molecular flexibility index (Phi) is 4.50. The molecule has 0 aromatic heterocycles. The summed E-state index contributed by atoms with van der Waals surface area (Å²) in [6, 6.07) is 10.2. The van der Waals surface area contributed by atoms with E-state index in [1.54, 1.807) is 32.0 Å². The molecule has 7 heteroatoms. The molecule has 0 spiro atoms. The molecular weight excluding hydrogens is 282 g/mol. The second kappa shape index (κ2) is 6.51. The molecule has 0 radical (unpaired) electrons. The van der Waals surface area contributed by atoms with E-state index in [9.17, 15) is 9.90 Å². The van der Waals surface area contributed by atoms with Crippen LogP contribution < -0.4 is 10.6 Å². The number of hydrogen-bond acceptors (Lipinski definition) is 3. The number of nitrogens with zero attached hydrogens (tertiary/aromatic N) is 3. The van der Waals surface area contributed by atoms with Crippen LogP contribution in [0.25, 0.3) is 10.4 Å². The van der Waals surface area contributed by atoms with E-state index in [4.69, 9.17) is 5.53 Å². The summed E-state index contributed by atoms with van der Waals surface area (Å²) in [5, 5.41) is 18.8. The molecule has 0 aliphatic carbocycles. The highest BCUT2D eigenvalue weighted by atomic mass is 16.3. The van der Waals surface area contributed by atoms with Crippen LogP contribution in [-0.4, -0.2) is 11.1 Å². The fourth-order valence-corrected chi connectivity index (χ4v) is 1.99. The molecule has 0 saturated carbocycles. The zero-order valence-electron chi connectivity index (χ0n) is 12.2. The number of azide groups is 1. The van der Waals surface area contributed by atoms with Crippen molar-refractivity contribution in [1.82, 2.24) is 0 Å². The van der Waals surface area contributed by atoms with Gasteiger partial charge in [0.05, 0.1) is 5.69 Å². The third kappa shape index (κ3) is 3.28. The van der Waals surface area contributed by atoms with Crippen molar-refractivity contribution in [3.05, 3.63) is 58.0 Å². The first-order chi connectivity index (χ1) is 10.5.